The molecular weight excluding hydrogens is 256 g/mol. The lowest BCUT2D eigenvalue weighted by Gasteiger charge is -2.44. The SMILES string of the molecule is CCCOC1(CC2=CCC=C2)CC=C(C)C=C1C(C)(C)C. The Bertz CT molecular complexity index is 496. The Balaban J connectivity index is 2.37. The molecule has 1 unspecified atom stereocenters. The minimum atomic E-state index is -0.158. The molecule has 116 valence electrons. The van der Waals surface area contributed by atoms with Crippen molar-refractivity contribution in [3.8, 4) is 0 Å². The largest absolute Gasteiger partial charge is 0.370 e. The van der Waals surface area contributed by atoms with Crippen molar-refractivity contribution in [3.05, 3.63) is 47.1 Å². The molecule has 1 heteroatoms. The summed E-state index contributed by atoms with van der Waals surface area (Å²) >= 11 is 0. The fraction of sp³-hybridized carbons (Fsp3) is 0.600. The summed E-state index contributed by atoms with van der Waals surface area (Å²) in [6.07, 6.45) is 15.7. The van der Waals surface area contributed by atoms with Crippen LogP contribution < -0.4 is 0 Å². The second-order valence-electron chi connectivity index (χ2n) is 7.40. The first kappa shape index (κ1) is 16.3. The predicted octanol–water partition coefficient (Wildman–Crippen LogP) is 5.75. The van der Waals surface area contributed by atoms with E-state index < -0.39 is 0 Å². The number of allylic oxidation sites excluding steroid dienone is 5. The number of hydrogen-bond donors (Lipinski definition) is 0. The van der Waals surface area contributed by atoms with E-state index in [2.05, 4.69) is 65.0 Å². The summed E-state index contributed by atoms with van der Waals surface area (Å²) < 4.78 is 6.48. The number of ether oxygens (including phenoxy) is 1. The molecule has 0 amide bonds. The van der Waals surface area contributed by atoms with E-state index >= 15 is 0 Å². The maximum Gasteiger partial charge on any atom is 0.0974 e. The molecule has 2 rings (SSSR count). The van der Waals surface area contributed by atoms with Gasteiger partial charge in [0.2, 0.25) is 0 Å². The summed E-state index contributed by atoms with van der Waals surface area (Å²) in [5.41, 5.74) is 4.21. The Labute approximate surface area is 130 Å². The first-order valence-electron chi connectivity index (χ1n) is 8.26. The van der Waals surface area contributed by atoms with Crippen LogP contribution >= 0.6 is 0 Å². The maximum atomic E-state index is 6.48. The van der Waals surface area contributed by atoms with Gasteiger partial charge in [-0.05, 0) is 42.7 Å². The van der Waals surface area contributed by atoms with Crippen LogP contribution in [0.5, 0.6) is 0 Å². The number of hydrogen-bond acceptors (Lipinski definition) is 1. The molecule has 0 radical (unpaired) electrons. The Morgan fingerprint density at radius 2 is 2.00 bits per heavy atom. The molecule has 0 aliphatic heterocycles. The van der Waals surface area contributed by atoms with Crippen molar-refractivity contribution in [2.24, 2.45) is 5.41 Å². The normalized spacial score (nSPS) is 25.7. The van der Waals surface area contributed by atoms with Crippen LogP contribution in [-0.4, -0.2) is 12.2 Å². The van der Waals surface area contributed by atoms with Gasteiger partial charge < -0.3 is 4.74 Å². The minimum Gasteiger partial charge on any atom is -0.370 e. The summed E-state index contributed by atoms with van der Waals surface area (Å²) in [5, 5.41) is 0. The molecule has 0 bridgehead atoms. The molecular formula is C20H30O. The zero-order chi connectivity index (χ0) is 15.5. The molecule has 2 aliphatic rings. The Morgan fingerprint density at radius 1 is 1.24 bits per heavy atom. The van der Waals surface area contributed by atoms with E-state index in [9.17, 15) is 0 Å². The minimum absolute atomic E-state index is 0.131. The molecule has 1 atom stereocenters. The average Bonchev–Trinajstić information content (AvgIpc) is 2.91. The molecule has 0 aromatic carbocycles. The van der Waals surface area contributed by atoms with Crippen molar-refractivity contribution in [2.45, 2.75) is 65.9 Å². The standard InChI is InChI=1S/C20H30O/c1-6-13-21-20(15-17-9-7-8-10-17)12-11-16(2)14-18(20)19(3,4)5/h7,9-11,14H,6,8,12-13,15H2,1-5H3. The van der Waals surface area contributed by atoms with E-state index in [1.807, 2.05) is 0 Å². The summed E-state index contributed by atoms with van der Waals surface area (Å²) in [6, 6.07) is 0. The van der Waals surface area contributed by atoms with Crippen LogP contribution in [0.15, 0.2) is 47.1 Å². The van der Waals surface area contributed by atoms with Crippen molar-refractivity contribution >= 4 is 0 Å². The Morgan fingerprint density at radius 3 is 2.57 bits per heavy atom. The first-order valence-corrected chi connectivity index (χ1v) is 8.26. The van der Waals surface area contributed by atoms with Crippen LogP contribution in [0.25, 0.3) is 0 Å². The molecule has 0 saturated heterocycles. The zero-order valence-corrected chi connectivity index (χ0v) is 14.3. The maximum absolute atomic E-state index is 6.48. The monoisotopic (exact) mass is 286 g/mol. The first-order chi connectivity index (χ1) is 9.87. The third-order valence-corrected chi connectivity index (χ3v) is 4.34. The van der Waals surface area contributed by atoms with E-state index in [0.29, 0.717) is 0 Å². The third-order valence-electron chi connectivity index (χ3n) is 4.34. The molecule has 0 fully saturated rings. The van der Waals surface area contributed by atoms with Crippen LogP contribution in [0.2, 0.25) is 0 Å². The van der Waals surface area contributed by atoms with Gasteiger partial charge in [0.25, 0.3) is 0 Å². The molecule has 2 aliphatic carbocycles. The van der Waals surface area contributed by atoms with Crippen molar-refractivity contribution in [1.29, 1.82) is 0 Å². The molecule has 0 heterocycles. The van der Waals surface area contributed by atoms with E-state index in [1.165, 1.54) is 16.7 Å². The van der Waals surface area contributed by atoms with Crippen molar-refractivity contribution < 1.29 is 4.74 Å². The Hall–Kier alpha value is -1.08. The average molecular weight is 286 g/mol. The lowest BCUT2D eigenvalue weighted by molar-refractivity contribution is -0.0268. The van der Waals surface area contributed by atoms with Crippen LogP contribution in [0, 0.1) is 5.41 Å². The molecule has 21 heavy (non-hydrogen) atoms. The highest BCUT2D eigenvalue weighted by Gasteiger charge is 2.41. The highest BCUT2D eigenvalue weighted by Crippen LogP contribution is 2.46. The summed E-state index contributed by atoms with van der Waals surface area (Å²) in [6.45, 7) is 12.1. The molecule has 1 nitrogen and oxygen atoms in total. The fourth-order valence-corrected chi connectivity index (χ4v) is 3.37. The molecule has 0 saturated carbocycles. The van der Waals surface area contributed by atoms with Gasteiger partial charge in [-0.3, -0.25) is 0 Å². The fourth-order valence-electron chi connectivity index (χ4n) is 3.37. The highest BCUT2D eigenvalue weighted by atomic mass is 16.5. The molecule has 0 N–H and O–H groups in total. The van der Waals surface area contributed by atoms with E-state index in [1.54, 1.807) is 0 Å². The van der Waals surface area contributed by atoms with Gasteiger partial charge in [0.15, 0.2) is 0 Å². The van der Waals surface area contributed by atoms with Gasteiger partial charge in [-0.1, -0.05) is 63.6 Å². The zero-order valence-electron chi connectivity index (χ0n) is 14.3. The Kier molecular flexibility index (Phi) is 4.93. The van der Waals surface area contributed by atoms with Gasteiger partial charge in [0.1, 0.15) is 0 Å². The van der Waals surface area contributed by atoms with E-state index in [0.717, 1.165) is 32.3 Å². The van der Waals surface area contributed by atoms with Crippen LogP contribution in [-0.2, 0) is 4.74 Å². The molecule has 0 aromatic heterocycles. The topological polar surface area (TPSA) is 9.23 Å². The molecule has 0 spiro atoms. The molecule has 0 aromatic rings. The lowest BCUT2D eigenvalue weighted by atomic mass is 9.69. The van der Waals surface area contributed by atoms with Crippen molar-refractivity contribution in [3.63, 3.8) is 0 Å². The second-order valence-corrected chi connectivity index (χ2v) is 7.40. The highest BCUT2D eigenvalue weighted by molar-refractivity contribution is 5.41. The summed E-state index contributed by atoms with van der Waals surface area (Å²) in [5.74, 6) is 0. The second kappa shape index (κ2) is 6.36. The van der Waals surface area contributed by atoms with E-state index in [-0.39, 0.29) is 11.0 Å². The van der Waals surface area contributed by atoms with E-state index in [4.69, 9.17) is 4.74 Å². The van der Waals surface area contributed by atoms with Crippen molar-refractivity contribution in [2.75, 3.05) is 6.61 Å². The number of rotatable bonds is 5. The van der Waals surface area contributed by atoms with Crippen LogP contribution in [0.1, 0.15) is 60.3 Å². The van der Waals surface area contributed by atoms with Crippen molar-refractivity contribution in [1.82, 2.24) is 0 Å². The quantitative estimate of drug-likeness (QED) is 0.625. The van der Waals surface area contributed by atoms with Crippen LogP contribution in [0.4, 0.5) is 0 Å². The smallest absolute Gasteiger partial charge is 0.0974 e. The summed E-state index contributed by atoms with van der Waals surface area (Å²) in [4.78, 5) is 0. The summed E-state index contributed by atoms with van der Waals surface area (Å²) in [7, 11) is 0. The predicted molar refractivity (Wildman–Crippen MR) is 91.3 cm³/mol. The van der Waals surface area contributed by atoms with Gasteiger partial charge in [-0.15, -0.1) is 0 Å². The van der Waals surface area contributed by atoms with Gasteiger partial charge >= 0.3 is 0 Å². The van der Waals surface area contributed by atoms with Gasteiger partial charge in [0, 0.05) is 13.0 Å². The van der Waals surface area contributed by atoms with Crippen LogP contribution in [0.3, 0.4) is 0 Å². The third kappa shape index (κ3) is 3.77. The van der Waals surface area contributed by atoms with Gasteiger partial charge in [0.05, 0.1) is 5.60 Å². The van der Waals surface area contributed by atoms with Gasteiger partial charge in [-0.25, -0.2) is 0 Å². The van der Waals surface area contributed by atoms with Gasteiger partial charge in [-0.2, -0.15) is 0 Å². The lowest BCUT2D eigenvalue weighted by Crippen LogP contribution is -2.41.